The topological polar surface area (TPSA) is 57.9 Å². The molecule has 0 aliphatic rings. The van der Waals surface area contributed by atoms with Gasteiger partial charge in [-0.15, -0.1) is 0 Å². The van der Waals surface area contributed by atoms with Gasteiger partial charge in [-0.1, -0.05) is 6.92 Å². The van der Waals surface area contributed by atoms with Gasteiger partial charge in [0.1, 0.15) is 5.82 Å². The normalized spacial score (nSPS) is 13.1. The molecule has 0 aliphatic heterocycles. The highest BCUT2D eigenvalue weighted by Crippen LogP contribution is 2.22. The van der Waals surface area contributed by atoms with Crippen LogP contribution >= 0.6 is 0 Å². The summed E-state index contributed by atoms with van der Waals surface area (Å²) >= 11 is 0. The Labute approximate surface area is 94.4 Å². The maximum atomic E-state index is 12.8. The predicted molar refractivity (Wildman–Crippen MR) is 58.0 cm³/mol. The molecule has 1 atom stereocenters. The van der Waals surface area contributed by atoms with E-state index in [9.17, 15) is 12.8 Å². The molecule has 16 heavy (non-hydrogen) atoms. The minimum atomic E-state index is -3.68. The van der Waals surface area contributed by atoms with Gasteiger partial charge >= 0.3 is 0 Å². The largest absolute Gasteiger partial charge is 0.222 e. The first kappa shape index (κ1) is 12.7. The van der Waals surface area contributed by atoms with Crippen molar-refractivity contribution in [2.24, 2.45) is 0 Å². The lowest BCUT2D eigenvalue weighted by Gasteiger charge is -2.10. The number of benzene rings is 1. The number of rotatable bonds is 3. The van der Waals surface area contributed by atoms with E-state index in [1.54, 1.807) is 13.0 Å². The molecule has 0 saturated heterocycles. The second-order valence-corrected chi connectivity index (χ2v) is 5.58. The maximum Gasteiger partial charge on any atom is 0.194 e. The van der Waals surface area contributed by atoms with Gasteiger partial charge in [-0.05, 0) is 37.1 Å². The van der Waals surface area contributed by atoms with Gasteiger partial charge < -0.3 is 0 Å². The molecule has 0 aliphatic carbocycles. The molecule has 5 heteroatoms. The predicted octanol–water partition coefficient (Wildman–Crippen LogP) is 2.21. The number of hydrogen-bond donors (Lipinski definition) is 0. The van der Waals surface area contributed by atoms with Crippen molar-refractivity contribution in [2.45, 2.75) is 30.4 Å². The van der Waals surface area contributed by atoms with E-state index in [2.05, 4.69) is 0 Å². The van der Waals surface area contributed by atoms with Crippen molar-refractivity contribution in [3.63, 3.8) is 0 Å². The monoisotopic (exact) mass is 241 g/mol. The van der Waals surface area contributed by atoms with Crippen molar-refractivity contribution in [1.82, 2.24) is 0 Å². The van der Waals surface area contributed by atoms with Crippen LogP contribution in [0.1, 0.15) is 18.9 Å². The molecule has 0 fully saturated rings. The van der Waals surface area contributed by atoms with E-state index in [-0.39, 0.29) is 11.3 Å². The molecule has 3 nitrogen and oxygen atoms in total. The van der Waals surface area contributed by atoms with Crippen molar-refractivity contribution >= 4 is 9.84 Å². The summed E-state index contributed by atoms with van der Waals surface area (Å²) in [6.07, 6.45) is 0.218. The summed E-state index contributed by atoms with van der Waals surface area (Å²) in [6, 6.07) is 5.20. The molecule has 0 N–H and O–H groups in total. The second kappa shape index (κ2) is 4.62. The third-order valence-electron chi connectivity index (χ3n) is 2.33. The highest BCUT2D eigenvalue weighted by atomic mass is 32.2. The van der Waals surface area contributed by atoms with Crippen molar-refractivity contribution in [3.8, 4) is 6.07 Å². The molecule has 0 amide bonds. The summed E-state index contributed by atoms with van der Waals surface area (Å²) in [4.78, 5) is 0.0299. The van der Waals surface area contributed by atoms with Crippen molar-refractivity contribution in [1.29, 1.82) is 5.26 Å². The SMILES string of the molecule is CCC(C#N)S(=O)(=O)c1ccc(F)cc1C. The average molecular weight is 241 g/mol. The van der Waals surface area contributed by atoms with Crippen molar-refractivity contribution < 1.29 is 12.8 Å². The third-order valence-corrected chi connectivity index (χ3v) is 4.59. The molecule has 1 aromatic rings. The fourth-order valence-corrected chi connectivity index (χ4v) is 3.11. The lowest BCUT2D eigenvalue weighted by molar-refractivity contribution is 0.585. The maximum absolute atomic E-state index is 12.8. The van der Waals surface area contributed by atoms with E-state index in [4.69, 9.17) is 5.26 Å². The molecule has 1 unspecified atom stereocenters. The molecule has 0 spiro atoms. The Kier molecular flexibility index (Phi) is 3.66. The number of halogens is 1. The fraction of sp³-hybridized carbons (Fsp3) is 0.364. The van der Waals surface area contributed by atoms with Crippen LogP contribution in [0, 0.1) is 24.1 Å². The number of aryl methyl sites for hydroxylation is 1. The molecule has 86 valence electrons. The fourth-order valence-electron chi connectivity index (χ4n) is 1.47. The van der Waals surface area contributed by atoms with Crippen molar-refractivity contribution in [2.75, 3.05) is 0 Å². The van der Waals surface area contributed by atoms with Gasteiger partial charge in [0, 0.05) is 0 Å². The van der Waals surface area contributed by atoms with E-state index in [0.717, 1.165) is 12.1 Å². The van der Waals surface area contributed by atoms with E-state index >= 15 is 0 Å². The summed E-state index contributed by atoms with van der Waals surface area (Å²) in [5.74, 6) is -0.485. The summed E-state index contributed by atoms with van der Waals surface area (Å²) in [6.45, 7) is 3.14. The molecule has 0 heterocycles. The Bertz CT molecular complexity index is 531. The Morgan fingerprint density at radius 3 is 2.56 bits per heavy atom. The van der Waals surface area contributed by atoms with Crippen LogP contribution in [0.15, 0.2) is 23.1 Å². The first-order valence-corrected chi connectivity index (χ1v) is 6.37. The van der Waals surface area contributed by atoms with E-state index in [0.29, 0.717) is 5.56 Å². The molecule has 0 bridgehead atoms. The van der Waals surface area contributed by atoms with Crippen LogP contribution in [-0.2, 0) is 9.84 Å². The van der Waals surface area contributed by atoms with Gasteiger partial charge in [-0.3, -0.25) is 0 Å². The quantitative estimate of drug-likeness (QED) is 0.762. The summed E-state index contributed by atoms with van der Waals surface area (Å²) < 4.78 is 36.8. The van der Waals surface area contributed by atoms with Crippen LogP contribution in [-0.4, -0.2) is 13.7 Å². The zero-order valence-electron chi connectivity index (χ0n) is 9.07. The minimum absolute atomic E-state index is 0.0299. The van der Waals surface area contributed by atoms with Crippen LogP contribution in [0.5, 0.6) is 0 Å². The summed E-state index contributed by atoms with van der Waals surface area (Å²) in [5.41, 5.74) is 0.328. The lowest BCUT2D eigenvalue weighted by Crippen LogP contribution is -2.19. The van der Waals surface area contributed by atoms with Crippen LogP contribution in [0.25, 0.3) is 0 Å². The summed E-state index contributed by atoms with van der Waals surface area (Å²) in [7, 11) is -3.68. The van der Waals surface area contributed by atoms with E-state index in [1.165, 1.54) is 13.0 Å². The van der Waals surface area contributed by atoms with Gasteiger partial charge in [0.2, 0.25) is 0 Å². The second-order valence-electron chi connectivity index (χ2n) is 3.48. The number of sulfone groups is 1. The standard InChI is InChI=1S/C11H12FNO2S/c1-3-10(7-13)16(14,15)11-5-4-9(12)6-8(11)2/h4-6,10H,3H2,1-2H3. The van der Waals surface area contributed by atoms with Crippen LogP contribution < -0.4 is 0 Å². The molecule has 1 aromatic carbocycles. The Hall–Kier alpha value is -1.41. The molecular formula is C11H12FNO2S. The van der Waals surface area contributed by atoms with E-state index in [1.807, 2.05) is 0 Å². The Morgan fingerprint density at radius 2 is 2.12 bits per heavy atom. The first-order chi connectivity index (χ1) is 7.43. The zero-order chi connectivity index (χ0) is 12.3. The molecule has 0 aromatic heterocycles. The molecule has 0 radical (unpaired) electrons. The Morgan fingerprint density at radius 1 is 1.50 bits per heavy atom. The highest BCUT2D eigenvalue weighted by Gasteiger charge is 2.27. The third kappa shape index (κ3) is 2.22. The molecule has 1 rings (SSSR count). The number of hydrogen-bond acceptors (Lipinski definition) is 3. The minimum Gasteiger partial charge on any atom is -0.222 e. The zero-order valence-corrected chi connectivity index (χ0v) is 9.88. The highest BCUT2D eigenvalue weighted by molar-refractivity contribution is 7.92. The smallest absolute Gasteiger partial charge is 0.194 e. The average Bonchev–Trinajstić information content (AvgIpc) is 2.18. The van der Waals surface area contributed by atoms with E-state index < -0.39 is 20.9 Å². The summed E-state index contributed by atoms with van der Waals surface area (Å²) in [5, 5.41) is 7.69. The van der Waals surface area contributed by atoms with Crippen LogP contribution in [0.3, 0.4) is 0 Å². The lowest BCUT2D eigenvalue weighted by atomic mass is 10.2. The van der Waals surface area contributed by atoms with Crippen LogP contribution in [0.4, 0.5) is 4.39 Å². The van der Waals surface area contributed by atoms with Gasteiger partial charge in [-0.25, -0.2) is 12.8 Å². The van der Waals surface area contributed by atoms with Gasteiger partial charge in [0.25, 0.3) is 0 Å². The Balaban J connectivity index is 3.34. The number of nitriles is 1. The van der Waals surface area contributed by atoms with Crippen molar-refractivity contribution in [3.05, 3.63) is 29.6 Å². The molecule has 0 saturated carbocycles. The molecular weight excluding hydrogens is 229 g/mol. The van der Waals surface area contributed by atoms with Gasteiger partial charge in [-0.2, -0.15) is 5.26 Å². The van der Waals surface area contributed by atoms with Crippen LogP contribution in [0.2, 0.25) is 0 Å². The van der Waals surface area contributed by atoms with Gasteiger partial charge in [0.05, 0.1) is 11.0 Å². The van der Waals surface area contributed by atoms with Gasteiger partial charge in [0.15, 0.2) is 15.1 Å². The number of nitrogens with zero attached hydrogens (tertiary/aromatic N) is 1. The first-order valence-electron chi connectivity index (χ1n) is 4.83.